The van der Waals surface area contributed by atoms with Gasteiger partial charge in [-0.2, -0.15) is 13.4 Å². The molecule has 0 saturated carbocycles. The van der Waals surface area contributed by atoms with Crippen LogP contribution < -0.4 is 4.74 Å². The molecule has 0 atom stereocenters. The second kappa shape index (κ2) is 14.6. The van der Waals surface area contributed by atoms with Crippen molar-refractivity contribution in [1.29, 1.82) is 0 Å². The maximum Gasteiger partial charge on any atom is 0.435 e. The highest BCUT2D eigenvalue weighted by atomic mass is 79.9. The van der Waals surface area contributed by atoms with Crippen LogP contribution in [0, 0.1) is 0 Å². The van der Waals surface area contributed by atoms with Crippen LogP contribution in [-0.2, 0) is 30.3 Å². The highest BCUT2D eigenvalue weighted by molar-refractivity contribution is 9.10. The molecule has 2 aromatic carbocycles. The van der Waals surface area contributed by atoms with E-state index in [2.05, 4.69) is 36.9 Å². The summed E-state index contributed by atoms with van der Waals surface area (Å²) in [4.78, 5) is 30.5. The summed E-state index contributed by atoms with van der Waals surface area (Å²) >= 11 is 6.74. The van der Waals surface area contributed by atoms with Gasteiger partial charge in [0.25, 0.3) is 10.1 Å². The van der Waals surface area contributed by atoms with Gasteiger partial charge in [0.2, 0.25) is 0 Å². The van der Waals surface area contributed by atoms with E-state index in [4.69, 9.17) is 18.4 Å². The summed E-state index contributed by atoms with van der Waals surface area (Å²) in [5.74, 6) is 0.635. The summed E-state index contributed by atoms with van der Waals surface area (Å²) in [7, 11) is -3.86. The van der Waals surface area contributed by atoms with Crippen LogP contribution in [0.2, 0.25) is 0 Å². The van der Waals surface area contributed by atoms with E-state index in [1.807, 2.05) is 0 Å². The third-order valence-corrected chi connectivity index (χ3v) is 7.35. The highest BCUT2D eigenvalue weighted by Gasteiger charge is 2.26. The van der Waals surface area contributed by atoms with Gasteiger partial charge in [-0.05, 0) is 106 Å². The quantitative estimate of drug-likeness (QED) is 0.113. The minimum Gasteiger partial charge on any atom is -0.492 e. The van der Waals surface area contributed by atoms with Gasteiger partial charge in [-0.1, -0.05) is 22.0 Å². The number of amidine groups is 1. The van der Waals surface area contributed by atoms with Crippen molar-refractivity contribution in [2.24, 2.45) is 4.99 Å². The molecule has 0 fully saturated rings. The van der Waals surface area contributed by atoms with Crippen LogP contribution >= 0.6 is 31.9 Å². The Morgan fingerprint density at radius 2 is 1.51 bits per heavy atom. The first-order valence-corrected chi connectivity index (χ1v) is 15.7. The molecule has 0 N–H and O–H groups in total. The molecule has 10 nitrogen and oxygen atoms in total. The van der Waals surface area contributed by atoms with Crippen molar-refractivity contribution in [3.8, 4) is 5.75 Å². The van der Waals surface area contributed by atoms with Crippen molar-refractivity contribution in [3.63, 3.8) is 0 Å². The lowest BCUT2D eigenvalue weighted by Gasteiger charge is -2.27. The zero-order valence-electron chi connectivity index (χ0n) is 24.2. The lowest BCUT2D eigenvalue weighted by Crippen LogP contribution is -2.40. The molecule has 0 aliphatic heterocycles. The molecule has 0 spiro atoms. The minimum atomic E-state index is -3.86. The first kappa shape index (κ1) is 34.7. The van der Waals surface area contributed by atoms with Crippen molar-refractivity contribution < 1.29 is 36.4 Å². The maximum atomic E-state index is 13.0. The number of benzene rings is 2. The van der Waals surface area contributed by atoms with Crippen LogP contribution in [0.3, 0.4) is 0 Å². The van der Waals surface area contributed by atoms with Gasteiger partial charge in [0, 0.05) is 10.9 Å². The Bertz CT molecular complexity index is 1350. The Morgan fingerprint density at radius 3 is 2.07 bits per heavy atom. The van der Waals surface area contributed by atoms with Crippen LogP contribution in [0.15, 0.2) is 61.3 Å². The molecular weight excluding hydrogens is 684 g/mol. The molecule has 226 valence electrons. The van der Waals surface area contributed by atoms with E-state index in [9.17, 15) is 18.0 Å². The zero-order valence-corrected chi connectivity index (χ0v) is 28.2. The van der Waals surface area contributed by atoms with Gasteiger partial charge in [0.15, 0.2) is 0 Å². The number of halogens is 2. The van der Waals surface area contributed by atoms with Crippen LogP contribution in [0.25, 0.3) is 0 Å². The Kier molecular flexibility index (Phi) is 12.4. The van der Waals surface area contributed by atoms with Gasteiger partial charge in [0.05, 0.1) is 29.1 Å². The average Bonchev–Trinajstić information content (AvgIpc) is 2.81. The van der Waals surface area contributed by atoms with Crippen molar-refractivity contribution in [1.82, 2.24) is 4.90 Å². The molecule has 0 unspecified atom stereocenters. The van der Waals surface area contributed by atoms with Gasteiger partial charge in [-0.25, -0.2) is 9.59 Å². The molecule has 2 aromatic rings. The second-order valence-corrected chi connectivity index (χ2v) is 14.3. The lowest BCUT2D eigenvalue weighted by molar-refractivity contribution is 0.0357. The standard InChI is InChI=1S/C28H36Br2N2O8S/c1-19(31-25(33)39-27(2,3)4)32(26(34)40-28(5,6)7)18-20-9-14-24(23(30)17-20)37-15-8-16-38-41(35,36)22-12-10-21(29)11-13-22/h9-14,17H,8,15-16,18H2,1-7H3/b31-19-. The third-order valence-electron chi connectivity index (χ3n) is 4.88. The second-order valence-electron chi connectivity index (χ2n) is 10.9. The van der Waals surface area contributed by atoms with Gasteiger partial charge < -0.3 is 14.2 Å². The Hall–Kier alpha value is -2.48. The predicted molar refractivity (Wildman–Crippen MR) is 163 cm³/mol. The Balaban J connectivity index is 2.04. The van der Waals surface area contributed by atoms with E-state index in [1.165, 1.54) is 24.0 Å². The van der Waals surface area contributed by atoms with Gasteiger partial charge >= 0.3 is 12.2 Å². The fourth-order valence-electron chi connectivity index (χ4n) is 3.13. The number of rotatable bonds is 9. The molecule has 2 amide bonds. The zero-order chi connectivity index (χ0) is 31.0. The van der Waals surface area contributed by atoms with Crippen molar-refractivity contribution in [2.75, 3.05) is 13.2 Å². The fourth-order valence-corrected chi connectivity index (χ4v) is 4.87. The number of aliphatic imine (C=N–C) groups is 1. The molecule has 41 heavy (non-hydrogen) atoms. The van der Waals surface area contributed by atoms with E-state index < -0.39 is 33.5 Å². The SMILES string of the molecule is C/C(=N/C(=O)OC(C)(C)C)N(Cc1ccc(OCCCOS(=O)(=O)c2ccc(Br)cc2)c(Br)c1)C(=O)OC(C)(C)C. The van der Waals surface area contributed by atoms with E-state index in [-0.39, 0.29) is 30.5 Å². The van der Waals surface area contributed by atoms with Crippen LogP contribution in [-0.4, -0.2) is 55.8 Å². The summed E-state index contributed by atoms with van der Waals surface area (Å²) in [6.45, 7) is 12.2. The summed E-state index contributed by atoms with van der Waals surface area (Å²) in [5, 5.41) is 0. The molecule has 2 rings (SSSR count). The fraction of sp³-hybridized carbons (Fsp3) is 0.464. The Labute approximate surface area is 258 Å². The molecule has 13 heteroatoms. The molecule has 0 bridgehead atoms. The predicted octanol–water partition coefficient (Wildman–Crippen LogP) is 7.48. The normalized spacial score (nSPS) is 12.6. The summed E-state index contributed by atoms with van der Waals surface area (Å²) in [6.07, 6.45) is -1.16. The first-order valence-electron chi connectivity index (χ1n) is 12.7. The molecule has 0 radical (unpaired) electrons. The van der Waals surface area contributed by atoms with Crippen molar-refractivity contribution >= 4 is 60.0 Å². The molecule has 0 aliphatic rings. The van der Waals surface area contributed by atoms with Gasteiger partial charge in [-0.3, -0.25) is 9.08 Å². The van der Waals surface area contributed by atoms with Gasteiger partial charge in [0.1, 0.15) is 22.8 Å². The number of hydrogen-bond acceptors (Lipinski definition) is 8. The third kappa shape index (κ3) is 12.5. The van der Waals surface area contributed by atoms with E-state index >= 15 is 0 Å². The number of carbonyl (C=O) groups excluding carboxylic acids is 2. The maximum absolute atomic E-state index is 13.0. The van der Waals surface area contributed by atoms with E-state index in [0.29, 0.717) is 22.2 Å². The summed E-state index contributed by atoms with van der Waals surface area (Å²) in [5.41, 5.74) is -0.794. The monoisotopic (exact) mass is 718 g/mol. The van der Waals surface area contributed by atoms with Crippen LogP contribution in [0.1, 0.15) is 60.5 Å². The smallest absolute Gasteiger partial charge is 0.435 e. The van der Waals surface area contributed by atoms with Crippen LogP contribution in [0.4, 0.5) is 9.59 Å². The van der Waals surface area contributed by atoms with Crippen molar-refractivity contribution in [3.05, 3.63) is 57.0 Å². The largest absolute Gasteiger partial charge is 0.492 e. The minimum absolute atomic E-state index is 0.0464. The lowest BCUT2D eigenvalue weighted by atomic mass is 10.2. The highest BCUT2D eigenvalue weighted by Crippen LogP contribution is 2.27. The van der Waals surface area contributed by atoms with Crippen molar-refractivity contribution in [2.45, 2.75) is 77.5 Å². The summed E-state index contributed by atoms with van der Waals surface area (Å²) in [6, 6.07) is 11.4. The number of nitrogens with zero attached hydrogens (tertiary/aromatic N) is 2. The number of hydrogen-bond donors (Lipinski definition) is 0. The number of carbonyl (C=O) groups is 2. The Morgan fingerprint density at radius 1 is 0.902 bits per heavy atom. The molecule has 0 saturated heterocycles. The van der Waals surface area contributed by atoms with E-state index in [1.54, 1.807) is 71.9 Å². The van der Waals surface area contributed by atoms with Crippen LogP contribution in [0.5, 0.6) is 5.75 Å². The van der Waals surface area contributed by atoms with E-state index in [0.717, 1.165) is 4.47 Å². The van der Waals surface area contributed by atoms with Gasteiger partial charge in [-0.15, -0.1) is 0 Å². The first-order chi connectivity index (χ1) is 18.9. The molecule has 0 aromatic heterocycles. The molecular formula is C28H36Br2N2O8S. The summed E-state index contributed by atoms with van der Waals surface area (Å²) < 4.78 is 47.6. The topological polar surface area (TPSA) is 121 Å². The molecule has 0 aliphatic carbocycles. The average molecular weight is 720 g/mol. The number of ether oxygens (including phenoxy) is 3. The molecule has 0 heterocycles. The number of amides is 2.